The SMILES string of the molecule is CS(C)(=O)=O.OCCCO. The van der Waals surface area contributed by atoms with Crippen LogP contribution in [0.25, 0.3) is 0 Å². The first-order valence-electron chi connectivity index (χ1n) is 2.78. The third-order valence-corrected chi connectivity index (χ3v) is 0.316. The van der Waals surface area contributed by atoms with Gasteiger partial charge in [-0.25, -0.2) is 8.42 Å². The molecule has 10 heavy (non-hydrogen) atoms. The summed E-state index contributed by atoms with van der Waals surface area (Å²) >= 11 is 0. The third kappa shape index (κ3) is 106. The first-order valence-corrected chi connectivity index (χ1v) is 5.08. The van der Waals surface area contributed by atoms with E-state index in [1.165, 1.54) is 0 Å². The average molecular weight is 170 g/mol. The zero-order valence-electron chi connectivity index (χ0n) is 6.24. The Balaban J connectivity index is 0. The van der Waals surface area contributed by atoms with E-state index in [4.69, 9.17) is 10.2 Å². The average Bonchev–Trinajstić information content (AvgIpc) is 1.63. The zero-order valence-corrected chi connectivity index (χ0v) is 7.06. The number of aliphatic hydroxyl groups is 2. The monoisotopic (exact) mass is 170 g/mol. The van der Waals surface area contributed by atoms with Crippen LogP contribution in [-0.2, 0) is 9.84 Å². The van der Waals surface area contributed by atoms with Crippen LogP contribution in [0.5, 0.6) is 0 Å². The molecule has 0 fully saturated rings. The molecule has 0 aromatic carbocycles. The molecule has 0 aliphatic carbocycles. The van der Waals surface area contributed by atoms with Crippen LogP contribution < -0.4 is 0 Å². The van der Waals surface area contributed by atoms with Crippen LogP contribution in [-0.4, -0.2) is 44.4 Å². The molecule has 0 heterocycles. The van der Waals surface area contributed by atoms with Gasteiger partial charge in [-0.3, -0.25) is 0 Å². The molecule has 0 unspecified atom stereocenters. The summed E-state index contributed by atoms with van der Waals surface area (Å²) in [5, 5.41) is 15.8. The van der Waals surface area contributed by atoms with Crippen molar-refractivity contribution in [3.8, 4) is 0 Å². The lowest BCUT2D eigenvalue weighted by Gasteiger charge is -1.79. The van der Waals surface area contributed by atoms with Crippen LogP contribution in [0.15, 0.2) is 0 Å². The third-order valence-electron chi connectivity index (χ3n) is 0.316. The molecule has 0 bridgehead atoms. The van der Waals surface area contributed by atoms with Crippen molar-refractivity contribution in [2.24, 2.45) is 0 Å². The number of rotatable bonds is 2. The molecule has 0 saturated heterocycles. The Hall–Kier alpha value is -0.130. The minimum absolute atomic E-state index is 0.0938. The molecule has 0 rings (SSSR count). The van der Waals surface area contributed by atoms with Gasteiger partial charge in [0.05, 0.1) is 0 Å². The summed E-state index contributed by atoms with van der Waals surface area (Å²) in [6, 6.07) is 0. The molecule has 0 aromatic heterocycles. The van der Waals surface area contributed by atoms with Gasteiger partial charge in [0.15, 0.2) is 0 Å². The molecule has 4 nitrogen and oxygen atoms in total. The Bertz CT molecular complexity index is 128. The van der Waals surface area contributed by atoms with E-state index < -0.39 is 9.84 Å². The Morgan fingerprint density at radius 3 is 1.30 bits per heavy atom. The molecule has 0 amide bonds. The fraction of sp³-hybridized carbons (Fsp3) is 1.00. The van der Waals surface area contributed by atoms with Crippen molar-refractivity contribution in [1.82, 2.24) is 0 Å². The molecule has 0 aliphatic heterocycles. The lowest BCUT2D eigenvalue weighted by molar-refractivity contribution is 0.221. The van der Waals surface area contributed by atoms with E-state index in [-0.39, 0.29) is 13.2 Å². The van der Waals surface area contributed by atoms with Crippen molar-refractivity contribution in [2.75, 3.05) is 25.7 Å². The molecule has 64 valence electrons. The summed E-state index contributed by atoms with van der Waals surface area (Å²) in [4.78, 5) is 0. The minimum atomic E-state index is -2.67. The van der Waals surface area contributed by atoms with Crippen molar-refractivity contribution >= 4 is 9.84 Å². The molecule has 0 saturated carbocycles. The van der Waals surface area contributed by atoms with Crippen LogP contribution in [0, 0.1) is 0 Å². The standard InChI is InChI=1S/C3H8O2.C2H6O2S/c4-2-1-3-5;1-5(2,3)4/h4-5H,1-3H2;1-2H3. The van der Waals surface area contributed by atoms with Crippen molar-refractivity contribution in [3.63, 3.8) is 0 Å². The fourth-order valence-corrected chi connectivity index (χ4v) is 0.0707. The molecule has 0 radical (unpaired) electrons. The van der Waals surface area contributed by atoms with Crippen molar-refractivity contribution in [2.45, 2.75) is 6.42 Å². The lowest BCUT2D eigenvalue weighted by Crippen LogP contribution is -1.86. The normalized spacial score (nSPS) is 10.0. The maximum absolute atomic E-state index is 9.63. The lowest BCUT2D eigenvalue weighted by atomic mass is 10.5. The van der Waals surface area contributed by atoms with Crippen molar-refractivity contribution in [1.29, 1.82) is 0 Å². The van der Waals surface area contributed by atoms with Gasteiger partial charge in [0, 0.05) is 25.7 Å². The Morgan fingerprint density at radius 2 is 1.30 bits per heavy atom. The number of aliphatic hydroxyl groups excluding tert-OH is 2. The summed E-state index contributed by atoms with van der Waals surface area (Å²) in [7, 11) is -2.67. The van der Waals surface area contributed by atoms with Gasteiger partial charge in [0.25, 0.3) is 0 Å². The van der Waals surface area contributed by atoms with Gasteiger partial charge in [-0.2, -0.15) is 0 Å². The second kappa shape index (κ2) is 6.98. The predicted molar refractivity (Wildman–Crippen MR) is 39.6 cm³/mol. The van der Waals surface area contributed by atoms with Crippen LogP contribution in [0.3, 0.4) is 0 Å². The van der Waals surface area contributed by atoms with Gasteiger partial charge in [0.1, 0.15) is 9.84 Å². The number of hydrogen-bond donors (Lipinski definition) is 2. The van der Waals surface area contributed by atoms with Gasteiger partial charge < -0.3 is 10.2 Å². The summed E-state index contributed by atoms with van der Waals surface area (Å²) in [5.41, 5.74) is 0. The Kier molecular flexibility index (Phi) is 8.75. The quantitative estimate of drug-likeness (QED) is 0.558. The first kappa shape index (κ1) is 12.5. The highest BCUT2D eigenvalue weighted by atomic mass is 32.2. The maximum Gasteiger partial charge on any atom is 0.144 e. The predicted octanol–water partition coefficient (Wildman–Crippen LogP) is -0.978. The molecule has 0 aromatic rings. The van der Waals surface area contributed by atoms with Crippen LogP contribution in [0.4, 0.5) is 0 Å². The van der Waals surface area contributed by atoms with E-state index in [1.54, 1.807) is 0 Å². The molecular weight excluding hydrogens is 156 g/mol. The van der Waals surface area contributed by atoms with Gasteiger partial charge in [-0.15, -0.1) is 0 Å². The van der Waals surface area contributed by atoms with Gasteiger partial charge >= 0.3 is 0 Å². The maximum atomic E-state index is 9.63. The summed E-state index contributed by atoms with van der Waals surface area (Å²) in [5.74, 6) is 0. The van der Waals surface area contributed by atoms with E-state index >= 15 is 0 Å². The van der Waals surface area contributed by atoms with Gasteiger partial charge in [-0.05, 0) is 6.42 Å². The molecule has 2 N–H and O–H groups in total. The van der Waals surface area contributed by atoms with E-state index in [2.05, 4.69) is 0 Å². The zero-order chi connectivity index (χ0) is 8.62. The highest BCUT2D eigenvalue weighted by Crippen LogP contribution is 1.65. The molecular formula is C5H14O4S. The van der Waals surface area contributed by atoms with E-state index in [0.29, 0.717) is 6.42 Å². The largest absolute Gasteiger partial charge is 0.396 e. The van der Waals surface area contributed by atoms with Crippen LogP contribution >= 0.6 is 0 Å². The highest BCUT2D eigenvalue weighted by molar-refractivity contribution is 7.89. The number of sulfone groups is 1. The molecule has 0 atom stereocenters. The van der Waals surface area contributed by atoms with Crippen molar-refractivity contribution in [3.05, 3.63) is 0 Å². The minimum Gasteiger partial charge on any atom is -0.396 e. The second-order valence-corrected chi connectivity index (χ2v) is 4.23. The topological polar surface area (TPSA) is 74.6 Å². The Morgan fingerprint density at radius 1 is 1.10 bits per heavy atom. The van der Waals surface area contributed by atoms with E-state index in [9.17, 15) is 8.42 Å². The molecule has 0 spiro atoms. The Labute approximate surface area is 61.4 Å². The first-order chi connectivity index (χ1) is 4.41. The number of hydrogen-bond acceptors (Lipinski definition) is 4. The van der Waals surface area contributed by atoms with Crippen LogP contribution in [0.2, 0.25) is 0 Å². The summed E-state index contributed by atoms with van der Waals surface area (Å²) in [6.45, 7) is 0.188. The highest BCUT2D eigenvalue weighted by Gasteiger charge is 1.79. The van der Waals surface area contributed by atoms with Gasteiger partial charge in [0.2, 0.25) is 0 Å². The second-order valence-electron chi connectivity index (χ2n) is 1.94. The smallest absolute Gasteiger partial charge is 0.144 e. The van der Waals surface area contributed by atoms with Crippen molar-refractivity contribution < 1.29 is 18.6 Å². The molecule has 0 aliphatic rings. The summed E-state index contributed by atoms with van der Waals surface area (Å²) < 4.78 is 19.3. The van der Waals surface area contributed by atoms with Gasteiger partial charge in [-0.1, -0.05) is 0 Å². The fourth-order valence-electron chi connectivity index (χ4n) is 0.0707. The van der Waals surface area contributed by atoms with E-state index in [0.717, 1.165) is 12.5 Å². The van der Waals surface area contributed by atoms with E-state index in [1.807, 2.05) is 0 Å². The van der Waals surface area contributed by atoms with Crippen LogP contribution in [0.1, 0.15) is 6.42 Å². The molecule has 5 heteroatoms. The summed E-state index contributed by atoms with van der Waals surface area (Å²) in [6.07, 6.45) is 2.82.